The third-order valence-electron chi connectivity index (χ3n) is 2.40. The molecule has 3 N–H and O–H groups in total. The topological polar surface area (TPSA) is 102 Å². The summed E-state index contributed by atoms with van der Waals surface area (Å²) in [6, 6.07) is -0.0131. The summed E-state index contributed by atoms with van der Waals surface area (Å²) in [5, 5.41) is 0. The summed E-state index contributed by atoms with van der Waals surface area (Å²) in [5.41, 5.74) is 5.37. The number of rotatable bonds is 7. The number of hydrogen-bond acceptors (Lipinski definition) is 5. The lowest BCUT2D eigenvalue weighted by Gasteiger charge is -2.21. The first-order valence-corrected chi connectivity index (χ1v) is 7.51. The zero-order chi connectivity index (χ0) is 13.8. The molecule has 0 heterocycles. The summed E-state index contributed by atoms with van der Waals surface area (Å²) in [6.07, 6.45) is 0.911. The van der Waals surface area contributed by atoms with Gasteiger partial charge in [-0.2, -0.15) is 12.7 Å². The number of nitrogens with zero attached hydrogens (tertiary/aromatic N) is 1. The molecule has 0 saturated heterocycles. The molecule has 7 nitrogen and oxygen atoms in total. The van der Waals surface area contributed by atoms with Crippen LogP contribution in [-0.2, 0) is 14.9 Å². The zero-order valence-corrected chi connectivity index (χ0v) is 11.6. The minimum Gasteiger partial charge on any atom is -0.446 e. The Labute approximate surface area is 108 Å². The van der Waals surface area contributed by atoms with Crippen LogP contribution in [0.4, 0.5) is 4.79 Å². The van der Waals surface area contributed by atoms with Gasteiger partial charge in [0.2, 0.25) is 0 Å². The van der Waals surface area contributed by atoms with Gasteiger partial charge in [0, 0.05) is 12.6 Å². The first-order chi connectivity index (χ1) is 8.36. The maximum Gasteiger partial charge on any atom is 0.422 e. The first kappa shape index (κ1) is 15.2. The maximum absolute atomic E-state index is 12.0. The summed E-state index contributed by atoms with van der Waals surface area (Å²) < 4.78 is 31.9. The van der Waals surface area contributed by atoms with Crippen molar-refractivity contribution in [2.45, 2.75) is 45.3 Å². The second-order valence-electron chi connectivity index (χ2n) is 4.55. The fraction of sp³-hybridized carbons (Fsp3) is 0.900. The maximum atomic E-state index is 12.0. The van der Waals surface area contributed by atoms with Gasteiger partial charge < -0.3 is 10.5 Å². The molecule has 0 spiro atoms. The lowest BCUT2D eigenvalue weighted by molar-refractivity contribution is 0.121. The molecule has 18 heavy (non-hydrogen) atoms. The van der Waals surface area contributed by atoms with Gasteiger partial charge in [0.25, 0.3) is 0 Å². The van der Waals surface area contributed by atoms with E-state index >= 15 is 0 Å². The van der Waals surface area contributed by atoms with Crippen LogP contribution >= 0.6 is 0 Å². The fourth-order valence-electron chi connectivity index (χ4n) is 1.51. The van der Waals surface area contributed by atoms with Crippen LogP contribution in [0.5, 0.6) is 0 Å². The van der Waals surface area contributed by atoms with Crippen LogP contribution in [0.1, 0.15) is 33.1 Å². The smallest absolute Gasteiger partial charge is 0.422 e. The van der Waals surface area contributed by atoms with Gasteiger partial charge in [-0.1, -0.05) is 0 Å². The van der Waals surface area contributed by atoms with Crippen molar-refractivity contribution in [3.05, 3.63) is 0 Å². The quantitative estimate of drug-likeness (QED) is 0.692. The van der Waals surface area contributed by atoms with E-state index in [0.717, 1.165) is 12.8 Å². The minimum absolute atomic E-state index is 0.0131. The molecular formula is C10H21N3O4S. The Morgan fingerprint density at radius 2 is 2.11 bits per heavy atom. The molecule has 1 amide bonds. The van der Waals surface area contributed by atoms with E-state index in [1.54, 1.807) is 13.8 Å². The summed E-state index contributed by atoms with van der Waals surface area (Å²) in [4.78, 5) is 11.3. The Morgan fingerprint density at radius 3 is 2.56 bits per heavy atom. The highest BCUT2D eigenvalue weighted by atomic mass is 32.2. The van der Waals surface area contributed by atoms with Crippen molar-refractivity contribution < 1.29 is 17.9 Å². The third kappa shape index (κ3) is 4.79. The molecule has 0 aromatic heterocycles. The van der Waals surface area contributed by atoms with Crippen LogP contribution in [-0.4, -0.2) is 44.1 Å². The predicted molar refractivity (Wildman–Crippen MR) is 67.1 cm³/mol. The molecule has 0 aromatic rings. The van der Waals surface area contributed by atoms with Crippen LogP contribution in [0.2, 0.25) is 0 Å². The highest BCUT2D eigenvalue weighted by molar-refractivity contribution is 7.87. The molecule has 1 saturated carbocycles. The van der Waals surface area contributed by atoms with Crippen LogP contribution in [0.25, 0.3) is 0 Å². The molecule has 0 aliphatic heterocycles. The molecule has 8 heteroatoms. The number of carbonyl (C=O) groups excluding carboxylic acids is 1. The summed E-state index contributed by atoms with van der Waals surface area (Å²) >= 11 is 0. The van der Waals surface area contributed by atoms with Gasteiger partial charge in [-0.05, 0) is 39.7 Å². The number of carbonyl (C=O) groups is 1. The average Bonchev–Trinajstić information content (AvgIpc) is 2.99. The Balaban J connectivity index is 2.61. The lowest BCUT2D eigenvalue weighted by Crippen LogP contribution is -2.46. The Morgan fingerprint density at radius 1 is 1.50 bits per heavy atom. The average molecular weight is 279 g/mol. The second kappa shape index (κ2) is 6.35. The van der Waals surface area contributed by atoms with Gasteiger partial charge in [0.15, 0.2) is 0 Å². The molecule has 106 valence electrons. The van der Waals surface area contributed by atoms with E-state index in [0.29, 0.717) is 19.5 Å². The number of hydrogen-bond donors (Lipinski definition) is 2. The fourth-order valence-corrected chi connectivity index (χ4v) is 2.86. The highest BCUT2D eigenvalue weighted by Crippen LogP contribution is 2.28. The third-order valence-corrected chi connectivity index (χ3v) is 3.92. The van der Waals surface area contributed by atoms with Crippen molar-refractivity contribution in [1.29, 1.82) is 0 Å². The van der Waals surface area contributed by atoms with Crippen molar-refractivity contribution in [2.75, 3.05) is 13.1 Å². The Hall–Kier alpha value is -0.860. The Kier molecular flexibility index (Phi) is 5.36. The molecule has 1 aliphatic carbocycles. The van der Waals surface area contributed by atoms with Gasteiger partial charge in [-0.15, -0.1) is 0 Å². The SMILES string of the molecule is CC(C)OC(=O)NS(=O)(=O)N(CCCN)C1CC1. The number of nitrogens with one attached hydrogen (secondary N) is 1. The molecule has 1 fully saturated rings. The van der Waals surface area contributed by atoms with Gasteiger partial charge in [0.05, 0.1) is 6.10 Å². The highest BCUT2D eigenvalue weighted by Gasteiger charge is 2.37. The summed E-state index contributed by atoms with van der Waals surface area (Å²) in [7, 11) is -3.82. The predicted octanol–water partition coefficient (Wildman–Crippen LogP) is 0.179. The van der Waals surface area contributed by atoms with Gasteiger partial charge >= 0.3 is 16.3 Å². The molecular weight excluding hydrogens is 258 g/mol. The molecule has 0 aromatic carbocycles. The van der Waals surface area contributed by atoms with Crippen LogP contribution < -0.4 is 10.5 Å². The molecule has 1 aliphatic rings. The van der Waals surface area contributed by atoms with E-state index in [-0.39, 0.29) is 12.1 Å². The lowest BCUT2D eigenvalue weighted by atomic mass is 10.4. The number of amides is 1. The van der Waals surface area contributed by atoms with Crippen LogP contribution in [0.15, 0.2) is 0 Å². The largest absolute Gasteiger partial charge is 0.446 e. The first-order valence-electron chi connectivity index (χ1n) is 6.07. The van der Waals surface area contributed by atoms with E-state index < -0.39 is 16.3 Å². The molecule has 1 rings (SSSR count). The monoisotopic (exact) mass is 279 g/mol. The molecule has 0 bridgehead atoms. The summed E-state index contributed by atoms with van der Waals surface area (Å²) in [6.45, 7) is 4.04. The number of ether oxygens (including phenoxy) is 1. The van der Waals surface area contributed by atoms with Crippen molar-refractivity contribution >= 4 is 16.3 Å². The second-order valence-corrected chi connectivity index (χ2v) is 6.17. The van der Waals surface area contributed by atoms with Crippen molar-refractivity contribution in [3.8, 4) is 0 Å². The van der Waals surface area contributed by atoms with Crippen molar-refractivity contribution in [1.82, 2.24) is 9.03 Å². The van der Waals surface area contributed by atoms with E-state index in [4.69, 9.17) is 10.5 Å². The van der Waals surface area contributed by atoms with Crippen LogP contribution in [0, 0.1) is 0 Å². The van der Waals surface area contributed by atoms with Crippen LogP contribution in [0.3, 0.4) is 0 Å². The van der Waals surface area contributed by atoms with Crippen molar-refractivity contribution in [2.24, 2.45) is 5.73 Å². The zero-order valence-electron chi connectivity index (χ0n) is 10.8. The van der Waals surface area contributed by atoms with E-state index in [1.807, 2.05) is 4.72 Å². The molecule has 0 atom stereocenters. The normalized spacial score (nSPS) is 16.1. The van der Waals surface area contributed by atoms with Gasteiger partial charge in [-0.3, -0.25) is 0 Å². The van der Waals surface area contributed by atoms with Crippen molar-refractivity contribution in [3.63, 3.8) is 0 Å². The summed E-state index contributed by atoms with van der Waals surface area (Å²) in [5.74, 6) is 0. The van der Waals surface area contributed by atoms with E-state index in [9.17, 15) is 13.2 Å². The standard InChI is InChI=1S/C10H21N3O4S/c1-8(2)17-10(14)12-18(15,16)13(7-3-6-11)9-4-5-9/h8-9H,3-7,11H2,1-2H3,(H,12,14). The Bertz CT molecular complexity index is 379. The molecule has 0 unspecified atom stereocenters. The van der Waals surface area contributed by atoms with E-state index in [1.165, 1.54) is 4.31 Å². The van der Waals surface area contributed by atoms with E-state index in [2.05, 4.69) is 0 Å². The molecule has 0 radical (unpaired) electrons. The van der Waals surface area contributed by atoms with Gasteiger partial charge in [0.1, 0.15) is 0 Å². The minimum atomic E-state index is -3.82. The van der Waals surface area contributed by atoms with Gasteiger partial charge in [-0.25, -0.2) is 9.52 Å². The number of nitrogens with two attached hydrogens (primary N) is 1.